The van der Waals surface area contributed by atoms with Crippen molar-refractivity contribution >= 4 is 41.2 Å². The van der Waals surface area contributed by atoms with Crippen molar-refractivity contribution in [1.82, 2.24) is 15.5 Å². The summed E-state index contributed by atoms with van der Waals surface area (Å²) in [4.78, 5) is 66.9. The van der Waals surface area contributed by atoms with Crippen LogP contribution in [-0.4, -0.2) is 68.7 Å². The van der Waals surface area contributed by atoms with Gasteiger partial charge in [-0.15, -0.1) is 11.6 Å². The number of alkyl halides is 1. The molecule has 3 fully saturated rings. The van der Waals surface area contributed by atoms with E-state index in [0.29, 0.717) is 29.9 Å². The number of imide groups is 1. The standard InChI is InChI=1S/C30H40ClN3O7/c1-9-30(40-20-11-10-16(2)14-17(20)3)24(37)33-29(30)13-12-18(31)19(15-29)32-23(36)21(22(35)27(4,5)6)34-25(38)28(7,8)41-26(34)39/h10-11,14,18-19,21H,9,12-13,15H2,1-8H3,(H,32,36)(H,33,37). The molecular formula is C30H40ClN3O7. The van der Waals surface area contributed by atoms with Gasteiger partial charge >= 0.3 is 6.09 Å². The third-order valence-electron chi connectivity index (χ3n) is 8.55. The normalized spacial score (nSPS) is 29.9. The van der Waals surface area contributed by atoms with Crippen molar-refractivity contribution in [3.63, 3.8) is 0 Å². The SMILES string of the molecule is CCC1(Oc2ccc(C)cc2C)C(=O)NC12CCC(Cl)C(NC(=O)C(C(=O)C(C)(C)C)N1C(=O)OC(C)(C)C1=O)C2. The van der Waals surface area contributed by atoms with E-state index in [4.69, 9.17) is 21.1 Å². The van der Waals surface area contributed by atoms with Crippen LogP contribution in [0.25, 0.3) is 0 Å². The number of hydrogen-bond donors (Lipinski definition) is 2. The lowest BCUT2D eigenvalue weighted by molar-refractivity contribution is -0.176. The van der Waals surface area contributed by atoms with Crippen molar-refractivity contribution in [1.29, 1.82) is 0 Å². The fraction of sp³-hybridized carbons (Fsp3) is 0.633. The van der Waals surface area contributed by atoms with Gasteiger partial charge < -0.3 is 20.1 Å². The molecule has 1 aliphatic carbocycles. The summed E-state index contributed by atoms with van der Waals surface area (Å²) >= 11 is 6.72. The molecule has 2 aliphatic heterocycles. The van der Waals surface area contributed by atoms with E-state index in [0.717, 1.165) is 11.1 Å². The third kappa shape index (κ3) is 5.08. The van der Waals surface area contributed by atoms with E-state index < -0.39 is 63.3 Å². The van der Waals surface area contributed by atoms with Crippen molar-refractivity contribution in [2.45, 2.75) is 115 Å². The van der Waals surface area contributed by atoms with Gasteiger partial charge in [0.25, 0.3) is 17.7 Å². The Labute approximate surface area is 245 Å². The van der Waals surface area contributed by atoms with Crippen LogP contribution in [0.1, 0.15) is 78.4 Å². The van der Waals surface area contributed by atoms with Gasteiger partial charge in [0.15, 0.2) is 17.4 Å². The van der Waals surface area contributed by atoms with Gasteiger partial charge in [0, 0.05) is 11.5 Å². The molecule has 1 spiro atoms. The van der Waals surface area contributed by atoms with Gasteiger partial charge in [-0.2, -0.15) is 0 Å². The number of carbonyl (C=O) groups is 5. The van der Waals surface area contributed by atoms with E-state index in [-0.39, 0.29) is 12.3 Å². The first kappa shape index (κ1) is 30.8. The van der Waals surface area contributed by atoms with Crippen LogP contribution in [-0.2, 0) is 23.9 Å². The Morgan fingerprint density at radius 3 is 2.39 bits per heavy atom. The van der Waals surface area contributed by atoms with Gasteiger partial charge in [-0.25, -0.2) is 9.69 Å². The summed E-state index contributed by atoms with van der Waals surface area (Å²) in [5.74, 6) is -1.87. The number of β-lactam (4-membered cyclic amide) rings is 1. The number of benzene rings is 1. The Morgan fingerprint density at radius 2 is 1.88 bits per heavy atom. The molecule has 3 aliphatic rings. The lowest BCUT2D eigenvalue weighted by Crippen LogP contribution is -2.85. The number of carbonyl (C=O) groups excluding carboxylic acids is 5. The average molecular weight is 590 g/mol. The summed E-state index contributed by atoms with van der Waals surface area (Å²) in [5.41, 5.74) is -2.61. The number of amides is 4. The average Bonchev–Trinajstić information content (AvgIpc) is 3.06. The molecule has 5 unspecified atom stereocenters. The van der Waals surface area contributed by atoms with E-state index in [9.17, 15) is 24.0 Å². The van der Waals surface area contributed by atoms with E-state index in [1.54, 1.807) is 20.8 Å². The van der Waals surface area contributed by atoms with E-state index >= 15 is 0 Å². The quantitative estimate of drug-likeness (QED) is 0.281. The van der Waals surface area contributed by atoms with Crippen LogP contribution < -0.4 is 15.4 Å². The summed E-state index contributed by atoms with van der Waals surface area (Å²) < 4.78 is 11.7. The van der Waals surface area contributed by atoms with Crippen LogP contribution >= 0.6 is 11.6 Å². The van der Waals surface area contributed by atoms with Gasteiger partial charge in [0.05, 0.1) is 10.9 Å². The number of Topliss-reactive ketones (excluding diaryl/α,β-unsaturated/α-hetero) is 1. The fourth-order valence-corrected chi connectivity index (χ4v) is 6.40. The number of rotatable bonds is 7. The monoisotopic (exact) mass is 589 g/mol. The maximum absolute atomic E-state index is 13.8. The van der Waals surface area contributed by atoms with Crippen molar-refractivity contribution in [3.8, 4) is 5.75 Å². The molecule has 10 nitrogen and oxygen atoms in total. The fourth-order valence-electron chi connectivity index (χ4n) is 6.14. The molecule has 4 amide bonds. The Balaban J connectivity index is 1.63. The second-order valence-electron chi connectivity index (χ2n) is 13.0. The maximum atomic E-state index is 13.8. The van der Waals surface area contributed by atoms with Crippen LogP contribution in [0.15, 0.2) is 18.2 Å². The summed E-state index contributed by atoms with van der Waals surface area (Å²) in [6.45, 7) is 13.4. The van der Waals surface area contributed by atoms with Crippen molar-refractivity contribution in [3.05, 3.63) is 29.3 Å². The molecule has 2 saturated heterocycles. The molecule has 41 heavy (non-hydrogen) atoms. The number of ketones is 1. The molecule has 0 radical (unpaired) electrons. The molecule has 1 saturated carbocycles. The van der Waals surface area contributed by atoms with Crippen LogP contribution in [0.4, 0.5) is 4.79 Å². The van der Waals surface area contributed by atoms with Gasteiger partial charge in [-0.1, -0.05) is 45.4 Å². The van der Waals surface area contributed by atoms with Gasteiger partial charge in [-0.05, 0) is 65.0 Å². The highest BCUT2D eigenvalue weighted by Crippen LogP contribution is 2.49. The van der Waals surface area contributed by atoms with Crippen LogP contribution in [0, 0.1) is 19.3 Å². The molecule has 2 heterocycles. The maximum Gasteiger partial charge on any atom is 0.418 e. The van der Waals surface area contributed by atoms with Crippen molar-refractivity contribution in [2.24, 2.45) is 5.41 Å². The molecule has 5 atom stereocenters. The minimum Gasteiger partial charge on any atom is -0.475 e. The van der Waals surface area contributed by atoms with Gasteiger partial charge in [-0.3, -0.25) is 19.2 Å². The van der Waals surface area contributed by atoms with Crippen LogP contribution in [0.2, 0.25) is 0 Å². The molecule has 0 aromatic heterocycles. The highest BCUT2D eigenvalue weighted by atomic mass is 35.5. The lowest BCUT2D eigenvalue weighted by atomic mass is 9.61. The Morgan fingerprint density at radius 1 is 1.22 bits per heavy atom. The second kappa shape index (κ2) is 10.3. The first-order valence-electron chi connectivity index (χ1n) is 14.0. The summed E-state index contributed by atoms with van der Waals surface area (Å²) in [6, 6.07) is 3.33. The predicted octanol–water partition coefficient (Wildman–Crippen LogP) is 3.72. The largest absolute Gasteiger partial charge is 0.475 e. The van der Waals surface area contributed by atoms with Crippen molar-refractivity contribution < 1.29 is 33.4 Å². The molecule has 0 bridgehead atoms. The Kier molecular flexibility index (Phi) is 7.73. The topological polar surface area (TPSA) is 131 Å². The number of nitrogens with zero attached hydrogens (tertiary/aromatic N) is 1. The van der Waals surface area contributed by atoms with E-state index in [1.165, 1.54) is 13.8 Å². The van der Waals surface area contributed by atoms with Crippen LogP contribution in [0.3, 0.4) is 0 Å². The molecular weight excluding hydrogens is 550 g/mol. The number of cyclic esters (lactones) is 1. The van der Waals surface area contributed by atoms with E-state index in [2.05, 4.69) is 10.6 Å². The van der Waals surface area contributed by atoms with Crippen molar-refractivity contribution in [2.75, 3.05) is 0 Å². The number of hydrogen-bond acceptors (Lipinski definition) is 7. The first-order valence-corrected chi connectivity index (χ1v) is 14.5. The number of aryl methyl sites for hydroxylation is 2. The Bertz CT molecular complexity index is 1310. The minimum absolute atomic E-state index is 0.234. The molecule has 1 aromatic carbocycles. The summed E-state index contributed by atoms with van der Waals surface area (Å²) in [5, 5.41) is 5.37. The number of ether oxygens (including phenoxy) is 2. The highest BCUT2D eigenvalue weighted by molar-refractivity contribution is 6.21. The zero-order valence-corrected chi connectivity index (χ0v) is 25.7. The van der Waals surface area contributed by atoms with Gasteiger partial charge in [0.1, 0.15) is 5.75 Å². The molecule has 1 aromatic rings. The highest BCUT2D eigenvalue weighted by Gasteiger charge is 2.69. The molecule has 2 N–H and O–H groups in total. The molecule has 11 heteroatoms. The summed E-state index contributed by atoms with van der Waals surface area (Å²) in [7, 11) is 0. The van der Waals surface area contributed by atoms with Crippen LogP contribution in [0.5, 0.6) is 5.75 Å². The smallest absolute Gasteiger partial charge is 0.418 e. The molecule has 224 valence electrons. The second-order valence-corrected chi connectivity index (χ2v) is 13.6. The first-order chi connectivity index (χ1) is 18.9. The predicted molar refractivity (Wildman–Crippen MR) is 152 cm³/mol. The third-order valence-corrected chi connectivity index (χ3v) is 9.07. The van der Waals surface area contributed by atoms with Gasteiger partial charge in [0.2, 0.25) is 5.60 Å². The number of halogens is 1. The Hall–Kier alpha value is -3.14. The zero-order valence-electron chi connectivity index (χ0n) is 25.0. The minimum atomic E-state index is -1.74. The van der Waals surface area contributed by atoms with E-state index in [1.807, 2.05) is 39.0 Å². The lowest BCUT2D eigenvalue weighted by Gasteiger charge is -2.60. The zero-order chi connectivity index (χ0) is 30.7. The molecule has 4 rings (SSSR count). The number of nitrogens with one attached hydrogen (secondary N) is 2. The summed E-state index contributed by atoms with van der Waals surface area (Å²) in [6.07, 6.45) is 0.526.